The molecule has 82 heavy (non-hydrogen) atoms. The fourth-order valence-electron chi connectivity index (χ4n) is 11.0. The minimum absolute atomic E-state index is 0.000910. The Morgan fingerprint density at radius 2 is 1.32 bits per heavy atom. The van der Waals surface area contributed by atoms with Gasteiger partial charge in [0.1, 0.15) is 28.4 Å². The van der Waals surface area contributed by atoms with E-state index >= 15 is 0 Å². The maximum Gasteiger partial charge on any atom is 0.410 e. The van der Waals surface area contributed by atoms with E-state index in [9.17, 15) is 14.4 Å². The van der Waals surface area contributed by atoms with Crippen molar-refractivity contribution in [3.05, 3.63) is 107 Å². The van der Waals surface area contributed by atoms with Crippen molar-refractivity contribution >= 4 is 39.7 Å². The number of carbonyl (C=O) groups excluding carboxylic acids is 3. The Kier molecular flexibility index (Phi) is 18.2. The van der Waals surface area contributed by atoms with Gasteiger partial charge in [0.05, 0.1) is 30.0 Å². The average molecular weight is 1110 g/mol. The lowest BCUT2D eigenvalue weighted by Crippen LogP contribution is -2.36. The number of likely N-dealkylation sites (tertiary alicyclic amines) is 2. The minimum Gasteiger partial charge on any atom is -0.444 e. The third-order valence-corrected chi connectivity index (χ3v) is 15.7. The molecule has 0 radical (unpaired) electrons. The summed E-state index contributed by atoms with van der Waals surface area (Å²) in [5.41, 5.74) is 12.1. The van der Waals surface area contributed by atoms with Gasteiger partial charge in [0.2, 0.25) is 0 Å². The summed E-state index contributed by atoms with van der Waals surface area (Å²) in [6, 6.07) is 12.5. The summed E-state index contributed by atoms with van der Waals surface area (Å²) in [6.45, 7) is 22.8. The first-order valence-corrected chi connectivity index (χ1v) is 29.4. The van der Waals surface area contributed by atoms with Crippen LogP contribution in [-0.2, 0) is 22.6 Å². The lowest BCUT2D eigenvalue weighted by molar-refractivity contribution is -0.0365. The van der Waals surface area contributed by atoms with Crippen molar-refractivity contribution in [1.82, 2.24) is 75.2 Å². The number of carbonyl (C=O) groups is 3. The second-order valence-corrected chi connectivity index (χ2v) is 22.6. The number of fused-ring (bicyclic) bond motifs is 2. The molecule has 4 aliphatic heterocycles. The van der Waals surface area contributed by atoms with Gasteiger partial charge in [-0.2, -0.15) is 10.2 Å². The molecule has 432 valence electrons. The Labute approximate surface area is 479 Å². The molecule has 8 aromatic rings. The molecule has 3 amide bonds. The number of rotatable bonds is 13. The number of amides is 3. The molecular formula is C62H79N15O5. The van der Waals surface area contributed by atoms with Crippen LogP contribution in [0.2, 0.25) is 0 Å². The molecule has 5 N–H and O–H groups in total. The molecule has 0 bridgehead atoms. The molecule has 1 unspecified atom stereocenters. The highest BCUT2D eigenvalue weighted by atomic mass is 16.6. The van der Waals surface area contributed by atoms with Crippen molar-refractivity contribution in [1.29, 1.82) is 0 Å². The predicted octanol–water partition coefficient (Wildman–Crippen LogP) is 10.5. The van der Waals surface area contributed by atoms with Crippen LogP contribution in [0, 0.1) is 13.8 Å². The minimum atomic E-state index is -0.573. The zero-order chi connectivity index (χ0) is 57.3. The summed E-state index contributed by atoms with van der Waals surface area (Å²) in [4.78, 5) is 68.6. The molecule has 6 aromatic heterocycles. The van der Waals surface area contributed by atoms with Crippen molar-refractivity contribution in [2.45, 2.75) is 131 Å². The Hall–Kier alpha value is -7.81. The normalized spacial score (nSPS) is 16.3. The Morgan fingerprint density at radius 1 is 0.720 bits per heavy atom. The van der Waals surface area contributed by atoms with Crippen molar-refractivity contribution in [3.63, 3.8) is 0 Å². The molecule has 4 saturated heterocycles. The number of nitrogens with one attached hydrogen (secondary N) is 5. The Morgan fingerprint density at radius 3 is 1.89 bits per heavy atom. The van der Waals surface area contributed by atoms with E-state index in [2.05, 4.69) is 102 Å². The largest absolute Gasteiger partial charge is 0.444 e. The number of imidazole rings is 2. The topological polar surface area (TPSA) is 233 Å². The van der Waals surface area contributed by atoms with Gasteiger partial charge < -0.3 is 44.8 Å². The van der Waals surface area contributed by atoms with E-state index in [4.69, 9.17) is 14.6 Å². The van der Waals surface area contributed by atoms with Crippen LogP contribution in [0.1, 0.15) is 142 Å². The van der Waals surface area contributed by atoms with Gasteiger partial charge in [0.15, 0.2) is 17.9 Å². The number of hydrogen-bond acceptors (Lipinski definition) is 13. The quantitative estimate of drug-likeness (QED) is 0.0724. The molecule has 20 heteroatoms. The molecule has 10 heterocycles. The van der Waals surface area contributed by atoms with Gasteiger partial charge in [-0.25, -0.2) is 19.4 Å². The highest BCUT2D eigenvalue weighted by Crippen LogP contribution is 2.37. The zero-order valence-corrected chi connectivity index (χ0v) is 48.7. The highest BCUT2D eigenvalue weighted by Gasteiger charge is 2.28. The van der Waals surface area contributed by atoms with Crippen LogP contribution < -0.4 is 10.6 Å². The van der Waals surface area contributed by atoms with E-state index in [1.165, 1.54) is 37.1 Å². The Balaban J connectivity index is 0.000000177. The molecule has 0 aliphatic carbocycles. The standard InChI is InChI=1S/C34H43N7O4.C24H27N7O.C4H9N/c1-6-39(33(43)45-34(3,4)5)21-24-18-35-19-26(22(24)2)23-12-13-28-25(17-23)30(38-41(28)29-11-7-10-16-44-29)31-36-20-27(37-31)32(42)40-14-8-9-15-40;1-3-25-11-17-12-26-13-19(15(17)2)16-6-7-20-18(10-16)22(30-29-20)23-27-14-21(28-23)24(32)31-8-4-5-9-31;1-2-4-5-3-1/h12-13,17-20,29H,6-11,14-16,21H2,1-5H3,(H,36,37);6-7,10,12-14,25H,3-5,8-9,11H2,1-2H3,(H,27,28)(H,29,30);5H,1-4H2. The van der Waals surface area contributed by atoms with Gasteiger partial charge in [-0.05, 0) is 177 Å². The number of ether oxygens (including phenoxy) is 2. The fourth-order valence-corrected chi connectivity index (χ4v) is 11.0. The van der Waals surface area contributed by atoms with Gasteiger partial charge >= 0.3 is 6.09 Å². The number of aromatic amines is 3. The van der Waals surface area contributed by atoms with E-state index < -0.39 is 5.60 Å². The van der Waals surface area contributed by atoms with E-state index in [1.807, 2.05) is 73.0 Å². The molecular weight excluding hydrogens is 1030 g/mol. The number of H-pyrrole nitrogens is 3. The molecule has 20 nitrogen and oxygen atoms in total. The van der Waals surface area contributed by atoms with Crippen LogP contribution in [0.25, 0.3) is 67.1 Å². The number of pyridine rings is 2. The zero-order valence-electron chi connectivity index (χ0n) is 48.7. The average Bonchev–Trinajstić information content (AvgIpc) is 3.92. The van der Waals surface area contributed by atoms with Crippen LogP contribution in [0.4, 0.5) is 4.79 Å². The number of aromatic nitrogens is 10. The molecule has 2 aromatic carbocycles. The van der Waals surface area contributed by atoms with Gasteiger partial charge in [-0.3, -0.25) is 24.7 Å². The summed E-state index contributed by atoms with van der Waals surface area (Å²) in [7, 11) is 0. The van der Waals surface area contributed by atoms with E-state index in [0.717, 1.165) is 139 Å². The molecule has 12 rings (SSSR count). The summed E-state index contributed by atoms with van der Waals surface area (Å²) >= 11 is 0. The first-order chi connectivity index (χ1) is 39.8. The summed E-state index contributed by atoms with van der Waals surface area (Å²) in [5, 5.41) is 21.0. The Bertz CT molecular complexity index is 3490. The van der Waals surface area contributed by atoms with E-state index in [1.54, 1.807) is 17.3 Å². The monoisotopic (exact) mass is 1110 g/mol. The third-order valence-electron chi connectivity index (χ3n) is 15.7. The van der Waals surface area contributed by atoms with Crippen LogP contribution in [-0.4, -0.2) is 147 Å². The third kappa shape index (κ3) is 13.1. The predicted molar refractivity (Wildman–Crippen MR) is 318 cm³/mol. The van der Waals surface area contributed by atoms with Gasteiger partial charge in [-0.1, -0.05) is 19.1 Å². The summed E-state index contributed by atoms with van der Waals surface area (Å²) in [5.74, 6) is 1.11. The van der Waals surface area contributed by atoms with Gasteiger partial charge in [0.25, 0.3) is 11.8 Å². The lowest BCUT2D eigenvalue weighted by Gasteiger charge is -2.27. The molecule has 0 spiro atoms. The van der Waals surface area contributed by atoms with Crippen molar-refractivity contribution in [2.75, 3.05) is 59.0 Å². The second kappa shape index (κ2) is 26.0. The molecule has 4 aliphatic rings. The first kappa shape index (κ1) is 57.4. The van der Waals surface area contributed by atoms with Crippen molar-refractivity contribution in [3.8, 4) is 45.3 Å². The van der Waals surface area contributed by atoms with Crippen LogP contribution in [0.5, 0.6) is 0 Å². The summed E-state index contributed by atoms with van der Waals surface area (Å²) < 4.78 is 13.7. The second-order valence-electron chi connectivity index (χ2n) is 22.6. The van der Waals surface area contributed by atoms with Crippen molar-refractivity contribution in [2.24, 2.45) is 0 Å². The van der Waals surface area contributed by atoms with Gasteiger partial charge in [-0.15, -0.1) is 0 Å². The van der Waals surface area contributed by atoms with E-state index in [0.29, 0.717) is 54.1 Å². The van der Waals surface area contributed by atoms with E-state index in [-0.39, 0.29) is 24.1 Å². The smallest absolute Gasteiger partial charge is 0.410 e. The maximum atomic E-state index is 13.1. The summed E-state index contributed by atoms with van der Waals surface area (Å²) in [6.07, 6.45) is 20.2. The van der Waals surface area contributed by atoms with Crippen LogP contribution in [0.3, 0.4) is 0 Å². The van der Waals surface area contributed by atoms with Crippen LogP contribution >= 0.6 is 0 Å². The molecule has 4 fully saturated rings. The lowest BCUT2D eigenvalue weighted by atomic mass is 9.97. The number of hydrogen-bond donors (Lipinski definition) is 5. The van der Waals surface area contributed by atoms with Crippen LogP contribution in [0.15, 0.2) is 73.6 Å². The van der Waals surface area contributed by atoms with Crippen molar-refractivity contribution < 1.29 is 23.9 Å². The fraction of sp³-hybridized carbons (Fsp3) is 0.468. The maximum absolute atomic E-state index is 13.1. The SMILES string of the molecule is C1CCNC1.CCN(Cc1cncc(-c2ccc3c(c2)c(-c2ncc(C(=O)N4CCCC4)[nH]2)nn3C2CCCCO2)c1C)C(=O)OC(C)(C)C.CCNCc1cncc(-c2ccc3[nH]nc(-c4ncc(C(=O)N5CCCC5)[nH]4)c3c2)c1C. The first-order valence-electron chi connectivity index (χ1n) is 29.4. The van der Waals surface area contributed by atoms with Gasteiger partial charge in [0, 0.05) is 92.6 Å². The number of nitrogens with zero attached hydrogens (tertiary/aromatic N) is 10. The molecule has 1 atom stereocenters. The number of benzene rings is 2. The highest BCUT2D eigenvalue weighted by molar-refractivity contribution is 5.98. The molecule has 0 saturated carbocycles.